The second kappa shape index (κ2) is 3.22. The molecule has 1 fully saturated rings. The van der Waals surface area contributed by atoms with Crippen LogP contribution in [0, 0.1) is 11.3 Å². The molecule has 0 aromatic carbocycles. The molecule has 1 saturated carbocycles. The molecule has 0 spiro atoms. The Labute approximate surface area is 73.9 Å². The Kier molecular flexibility index (Phi) is 2.50. The van der Waals surface area contributed by atoms with E-state index in [2.05, 4.69) is 27.3 Å². The van der Waals surface area contributed by atoms with E-state index in [1.54, 1.807) is 0 Å². The van der Waals surface area contributed by atoms with Gasteiger partial charge >= 0.3 is 0 Å². The van der Waals surface area contributed by atoms with E-state index in [0.717, 1.165) is 19.3 Å². The number of rotatable bonds is 2. The maximum atomic E-state index is 10.9. The summed E-state index contributed by atoms with van der Waals surface area (Å²) in [7, 11) is 0. The lowest BCUT2D eigenvalue weighted by Crippen LogP contribution is -2.52. The van der Waals surface area contributed by atoms with Gasteiger partial charge in [0.1, 0.15) is 5.54 Å². The third kappa shape index (κ3) is 1.72. The van der Waals surface area contributed by atoms with E-state index >= 15 is 0 Å². The zero-order valence-corrected chi connectivity index (χ0v) is 7.65. The molecule has 1 amide bonds. The van der Waals surface area contributed by atoms with E-state index in [4.69, 9.17) is 5.26 Å². The van der Waals surface area contributed by atoms with Crippen LogP contribution >= 0.6 is 15.9 Å². The Morgan fingerprint density at radius 2 is 2.36 bits per heavy atom. The number of carbonyl (C=O) groups excluding carboxylic acids is 1. The first kappa shape index (κ1) is 8.54. The molecule has 0 aromatic rings. The number of nitrogens with one attached hydrogen (secondary N) is 1. The van der Waals surface area contributed by atoms with Crippen molar-refractivity contribution in [3.63, 3.8) is 0 Å². The third-order valence-electron chi connectivity index (χ3n) is 1.92. The minimum atomic E-state index is -0.537. The molecule has 1 rings (SSSR count). The minimum absolute atomic E-state index is 0.105. The van der Waals surface area contributed by atoms with Crippen molar-refractivity contribution in [3.8, 4) is 6.07 Å². The van der Waals surface area contributed by atoms with Gasteiger partial charge in [-0.3, -0.25) is 4.79 Å². The van der Waals surface area contributed by atoms with E-state index in [1.165, 1.54) is 0 Å². The van der Waals surface area contributed by atoms with Crippen LogP contribution in [0.4, 0.5) is 0 Å². The zero-order valence-electron chi connectivity index (χ0n) is 6.06. The number of nitriles is 1. The van der Waals surface area contributed by atoms with Crippen LogP contribution in [0.5, 0.6) is 0 Å². The van der Waals surface area contributed by atoms with Crippen LogP contribution in [-0.4, -0.2) is 16.8 Å². The largest absolute Gasteiger partial charge is 0.337 e. The molecule has 0 aromatic heterocycles. The molecule has 1 aliphatic rings. The molecule has 0 aliphatic heterocycles. The van der Waals surface area contributed by atoms with Gasteiger partial charge in [-0.1, -0.05) is 15.9 Å². The number of hydrogen-bond donors (Lipinski definition) is 1. The van der Waals surface area contributed by atoms with Crippen molar-refractivity contribution in [3.05, 3.63) is 0 Å². The van der Waals surface area contributed by atoms with Gasteiger partial charge in [-0.15, -0.1) is 0 Å². The molecular weight excluding hydrogens is 208 g/mol. The fraction of sp³-hybridized carbons (Fsp3) is 0.714. The van der Waals surface area contributed by atoms with Crippen molar-refractivity contribution < 1.29 is 4.79 Å². The Hall–Kier alpha value is -0.560. The fourth-order valence-electron chi connectivity index (χ4n) is 1.10. The molecule has 0 bridgehead atoms. The number of amides is 1. The van der Waals surface area contributed by atoms with Gasteiger partial charge < -0.3 is 5.32 Å². The quantitative estimate of drug-likeness (QED) is 0.700. The lowest BCUT2D eigenvalue weighted by atomic mass is 9.78. The van der Waals surface area contributed by atoms with Crippen molar-refractivity contribution in [2.24, 2.45) is 0 Å². The van der Waals surface area contributed by atoms with Crippen molar-refractivity contribution in [2.75, 3.05) is 5.33 Å². The standard InChI is InChI=1S/C7H9BrN2O/c8-4-6(11)10-7(5-9)2-1-3-7/h1-4H2,(H,10,11). The summed E-state index contributed by atoms with van der Waals surface area (Å²) in [4.78, 5) is 10.9. The molecular formula is C7H9BrN2O. The molecule has 0 saturated heterocycles. The van der Waals surface area contributed by atoms with Crippen molar-refractivity contribution in [1.82, 2.24) is 5.32 Å². The SMILES string of the molecule is N#CC1(NC(=O)CBr)CCC1. The van der Waals surface area contributed by atoms with Crippen LogP contribution in [0.15, 0.2) is 0 Å². The van der Waals surface area contributed by atoms with Crippen molar-refractivity contribution in [2.45, 2.75) is 24.8 Å². The molecule has 60 valence electrons. The maximum absolute atomic E-state index is 10.9. The Morgan fingerprint density at radius 1 is 1.73 bits per heavy atom. The first-order chi connectivity index (χ1) is 5.22. The summed E-state index contributed by atoms with van der Waals surface area (Å²) in [6.07, 6.45) is 2.63. The van der Waals surface area contributed by atoms with Gasteiger partial charge in [-0.25, -0.2) is 0 Å². The van der Waals surface area contributed by atoms with Crippen LogP contribution in [0.3, 0.4) is 0 Å². The first-order valence-corrected chi connectivity index (χ1v) is 4.63. The van der Waals surface area contributed by atoms with Gasteiger partial charge in [0.25, 0.3) is 0 Å². The Balaban J connectivity index is 2.46. The molecule has 1 aliphatic carbocycles. The number of nitrogens with zero attached hydrogens (tertiary/aromatic N) is 1. The maximum Gasteiger partial charge on any atom is 0.231 e. The molecule has 0 heterocycles. The number of halogens is 1. The Bertz CT molecular complexity index is 205. The number of carbonyl (C=O) groups is 1. The predicted octanol–water partition coefficient (Wildman–Crippen LogP) is 0.944. The Morgan fingerprint density at radius 3 is 2.64 bits per heavy atom. The highest BCUT2D eigenvalue weighted by molar-refractivity contribution is 9.09. The topological polar surface area (TPSA) is 52.9 Å². The predicted molar refractivity (Wildman–Crippen MR) is 44.1 cm³/mol. The van der Waals surface area contributed by atoms with Crippen LogP contribution < -0.4 is 5.32 Å². The first-order valence-electron chi connectivity index (χ1n) is 3.51. The van der Waals surface area contributed by atoms with E-state index < -0.39 is 5.54 Å². The van der Waals surface area contributed by atoms with Gasteiger partial charge in [0.2, 0.25) is 5.91 Å². The average molecular weight is 217 g/mol. The van der Waals surface area contributed by atoms with E-state index in [1.807, 2.05) is 0 Å². The summed E-state index contributed by atoms with van der Waals surface area (Å²) in [6, 6.07) is 2.13. The van der Waals surface area contributed by atoms with Crippen LogP contribution in [-0.2, 0) is 4.79 Å². The molecule has 0 radical (unpaired) electrons. The second-order valence-corrected chi connectivity index (χ2v) is 3.29. The normalized spacial score (nSPS) is 19.6. The van der Waals surface area contributed by atoms with E-state index in [9.17, 15) is 4.79 Å². The van der Waals surface area contributed by atoms with Gasteiger partial charge in [-0.2, -0.15) is 5.26 Å². The van der Waals surface area contributed by atoms with E-state index in [0.29, 0.717) is 0 Å². The highest BCUT2D eigenvalue weighted by atomic mass is 79.9. The summed E-state index contributed by atoms with van der Waals surface area (Å²) >= 11 is 3.03. The number of hydrogen-bond acceptors (Lipinski definition) is 2. The smallest absolute Gasteiger partial charge is 0.231 e. The molecule has 3 nitrogen and oxygen atoms in total. The lowest BCUT2D eigenvalue weighted by Gasteiger charge is -2.35. The fourth-order valence-corrected chi connectivity index (χ4v) is 1.24. The minimum Gasteiger partial charge on any atom is -0.337 e. The summed E-state index contributed by atoms with van der Waals surface area (Å²) < 4.78 is 0. The molecule has 1 N–H and O–H groups in total. The number of alkyl halides is 1. The summed E-state index contributed by atoms with van der Waals surface area (Å²) in [5.41, 5.74) is -0.537. The van der Waals surface area contributed by atoms with Gasteiger partial charge in [0.05, 0.1) is 11.4 Å². The summed E-state index contributed by atoms with van der Waals surface area (Å²) in [6.45, 7) is 0. The summed E-state index contributed by atoms with van der Waals surface area (Å²) in [5.74, 6) is -0.105. The highest BCUT2D eigenvalue weighted by Crippen LogP contribution is 2.30. The average Bonchev–Trinajstić information content (AvgIpc) is 1.96. The van der Waals surface area contributed by atoms with Crippen LogP contribution in [0.25, 0.3) is 0 Å². The molecule has 11 heavy (non-hydrogen) atoms. The zero-order chi connectivity index (χ0) is 8.32. The third-order valence-corrected chi connectivity index (χ3v) is 2.43. The van der Waals surface area contributed by atoms with Crippen molar-refractivity contribution >= 4 is 21.8 Å². The summed E-state index contributed by atoms with van der Waals surface area (Å²) in [5, 5.41) is 11.7. The van der Waals surface area contributed by atoms with Gasteiger partial charge in [0, 0.05) is 0 Å². The van der Waals surface area contributed by atoms with Crippen LogP contribution in [0.1, 0.15) is 19.3 Å². The van der Waals surface area contributed by atoms with Gasteiger partial charge in [0.15, 0.2) is 0 Å². The second-order valence-electron chi connectivity index (χ2n) is 2.73. The monoisotopic (exact) mass is 216 g/mol. The van der Waals surface area contributed by atoms with E-state index in [-0.39, 0.29) is 11.2 Å². The van der Waals surface area contributed by atoms with Gasteiger partial charge in [-0.05, 0) is 19.3 Å². The van der Waals surface area contributed by atoms with Crippen LogP contribution in [0.2, 0.25) is 0 Å². The molecule has 0 unspecified atom stereocenters. The molecule has 0 atom stereocenters. The lowest BCUT2D eigenvalue weighted by molar-refractivity contribution is -0.120. The van der Waals surface area contributed by atoms with Crippen molar-refractivity contribution in [1.29, 1.82) is 5.26 Å². The molecule has 4 heteroatoms. The highest BCUT2D eigenvalue weighted by Gasteiger charge is 2.38.